The van der Waals surface area contributed by atoms with Gasteiger partial charge in [0.2, 0.25) is 10.0 Å². The van der Waals surface area contributed by atoms with Crippen LogP contribution in [0.2, 0.25) is 0 Å². The van der Waals surface area contributed by atoms with Crippen molar-refractivity contribution in [2.75, 3.05) is 26.7 Å². The standard InChI is InChI=1S/C16H26N2O3S/c1-5-8-18(14-6-7-17-11-14)22(19,20)15-9-12(2)16(21-4)13(3)10-15/h9-10,14,17H,5-8,11H2,1-4H3. The molecule has 1 saturated heterocycles. The number of hydrogen-bond donors (Lipinski definition) is 1. The summed E-state index contributed by atoms with van der Waals surface area (Å²) in [4.78, 5) is 0.364. The van der Waals surface area contributed by atoms with Crippen LogP contribution in [0.4, 0.5) is 0 Å². The zero-order valence-electron chi connectivity index (χ0n) is 13.8. The molecular formula is C16H26N2O3S. The SMILES string of the molecule is CCCN(C1CCNC1)S(=O)(=O)c1cc(C)c(OC)c(C)c1. The third kappa shape index (κ3) is 3.29. The zero-order valence-corrected chi connectivity index (χ0v) is 14.7. The summed E-state index contributed by atoms with van der Waals surface area (Å²) in [5.74, 6) is 0.753. The summed E-state index contributed by atoms with van der Waals surface area (Å²) in [6, 6.07) is 3.48. The van der Waals surface area contributed by atoms with Crippen LogP contribution in [0, 0.1) is 13.8 Å². The van der Waals surface area contributed by atoms with Crippen molar-refractivity contribution in [1.29, 1.82) is 0 Å². The summed E-state index contributed by atoms with van der Waals surface area (Å²) < 4.78 is 33.1. The molecule has 0 amide bonds. The molecule has 1 heterocycles. The molecule has 5 nitrogen and oxygen atoms in total. The number of aryl methyl sites for hydroxylation is 2. The number of rotatable bonds is 6. The second-order valence-electron chi connectivity index (χ2n) is 5.85. The first-order valence-corrected chi connectivity index (χ1v) is 9.23. The number of hydrogen-bond acceptors (Lipinski definition) is 4. The van der Waals surface area contributed by atoms with E-state index in [1.54, 1.807) is 23.5 Å². The predicted molar refractivity (Wildman–Crippen MR) is 87.9 cm³/mol. The van der Waals surface area contributed by atoms with Gasteiger partial charge in [0.05, 0.1) is 12.0 Å². The maximum absolute atomic E-state index is 13.1. The van der Waals surface area contributed by atoms with Crippen molar-refractivity contribution >= 4 is 10.0 Å². The van der Waals surface area contributed by atoms with Crippen molar-refractivity contribution in [2.45, 2.75) is 44.6 Å². The van der Waals surface area contributed by atoms with Crippen molar-refractivity contribution in [1.82, 2.24) is 9.62 Å². The second-order valence-corrected chi connectivity index (χ2v) is 7.74. The first-order chi connectivity index (χ1) is 10.4. The molecule has 22 heavy (non-hydrogen) atoms. The van der Waals surface area contributed by atoms with Crippen LogP contribution in [0.1, 0.15) is 30.9 Å². The molecule has 0 bridgehead atoms. The van der Waals surface area contributed by atoms with Crippen LogP contribution in [0.5, 0.6) is 5.75 Å². The number of sulfonamides is 1. The highest BCUT2D eigenvalue weighted by Crippen LogP contribution is 2.29. The minimum atomic E-state index is -3.48. The van der Waals surface area contributed by atoms with Gasteiger partial charge in [0, 0.05) is 19.1 Å². The molecule has 0 spiro atoms. The number of nitrogens with zero attached hydrogens (tertiary/aromatic N) is 1. The lowest BCUT2D eigenvalue weighted by atomic mass is 10.1. The van der Waals surface area contributed by atoms with E-state index < -0.39 is 10.0 Å². The van der Waals surface area contributed by atoms with Crippen molar-refractivity contribution in [3.8, 4) is 5.75 Å². The molecule has 0 radical (unpaired) electrons. The quantitative estimate of drug-likeness (QED) is 0.869. The van der Waals surface area contributed by atoms with Crippen molar-refractivity contribution in [3.05, 3.63) is 23.3 Å². The number of benzene rings is 1. The molecule has 0 aromatic heterocycles. The molecule has 1 aromatic rings. The molecule has 1 aromatic carbocycles. The first kappa shape index (κ1) is 17.2. The Morgan fingerprint density at radius 2 is 1.95 bits per heavy atom. The Morgan fingerprint density at radius 3 is 2.41 bits per heavy atom. The lowest BCUT2D eigenvalue weighted by Gasteiger charge is -2.27. The molecule has 1 N–H and O–H groups in total. The van der Waals surface area contributed by atoms with Crippen LogP contribution in [0.25, 0.3) is 0 Å². The van der Waals surface area contributed by atoms with Crippen molar-refractivity contribution in [2.24, 2.45) is 0 Å². The largest absolute Gasteiger partial charge is 0.496 e. The smallest absolute Gasteiger partial charge is 0.243 e. The van der Waals surface area contributed by atoms with Gasteiger partial charge in [-0.1, -0.05) is 6.92 Å². The van der Waals surface area contributed by atoms with Gasteiger partial charge in [0.1, 0.15) is 5.75 Å². The lowest BCUT2D eigenvalue weighted by molar-refractivity contribution is 0.335. The predicted octanol–water partition coefficient (Wildman–Crippen LogP) is 2.07. The van der Waals surface area contributed by atoms with Crippen LogP contribution in [0.15, 0.2) is 17.0 Å². The fourth-order valence-corrected chi connectivity index (χ4v) is 5.04. The fourth-order valence-electron chi connectivity index (χ4n) is 3.12. The van der Waals surface area contributed by atoms with Crippen LogP contribution in [-0.4, -0.2) is 45.5 Å². The first-order valence-electron chi connectivity index (χ1n) is 7.79. The molecule has 1 unspecified atom stereocenters. The summed E-state index contributed by atoms with van der Waals surface area (Å²) in [6.45, 7) is 7.93. The van der Waals surface area contributed by atoms with Gasteiger partial charge < -0.3 is 10.1 Å². The van der Waals surface area contributed by atoms with Crippen molar-refractivity contribution in [3.63, 3.8) is 0 Å². The van der Waals surface area contributed by atoms with Crippen molar-refractivity contribution < 1.29 is 13.2 Å². The normalized spacial score (nSPS) is 18.9. The maximum atomic E-state index is 13.1. The molecule has 1 aliphatic rings. The minimum absolute atomic E-state index is 0.0488. The molecule has 0 saturated carbocycles. The van der Waals surface area contributed by atoms with Gasteiger partial charge in [-0.3, -0.25) is 0 Å². The average Bonchev–Trinajstić information content (AvgIpc) is 2.97. The van der Waals surface area contributed by atoms with Gasteiger partial charge in [-0.15, -0.1) is 0 Å². The van der Waals surface area contributed by atoms with E-state index in [2.05, 4.69) is 5.32 Å². The van der Waals surface area contributed by atoms with Crippen LogP contribution in [-0.2, 0) is 10.0 Å². The van der Waals surface area contributed by atoms with E-state index >= 15 is 0 Å². The highest BCUT2D eigenvalue weighted by atomic mass is 32.2. The molecule has 0 aliphatic carbocycles. The Labute approximate surface area is 133 Å². The number of nitrogens with one attached hydrogen (secondary N) is 1. The molecule has 6 heteroatoms. The van der Waals surface area contributed by atoms with Gasteiger partial charge in [0.25, 0.3) is 0 Å². The minimum Gasteiger partial charge on any atom is -0.496 e. The number of methoxy groups -OCH3 is 1. The third-order valence-electron chi connectivity index (χ3n) is 4.13. The van der Waals surface area contributed by atoms with E-state index in [1.165, 1.54) is 0 Å². The lowest BCUT2D eigenvalue weighted by Crippen LogP contribution is -2.42. The van der Waals surface area contributed by atoms with Crippen LogP contribution in [0.3, 0.4) is 0 Å². The molecular weight excluding hydrogens is 300 g/mol. The van der Waals surface area contributed by atoms with Crippen LogP contribution < -0.4 is 10.1 Å². The fraction of sp³-hybridized carbons (Fsp3) is 0.625. The monoisotopic (exact) mass is 326 g/mol. The Balaban J connectivity index is 2.43. The van der Waals surface area contributed by atoms with Gasteiger partial charge in [-0.05, 0) is 56.5 Å². The van der Waals surface area contributed by atoms with Gasteiger partial charge in [0.15, 0.2) is 0 Å². The third-order valence-corrected chi connectivity index (χ3v) is 6.06. The summed E-state index contributed by atoms with van der Waals surface area (Å²) in [5.41, 5.74) is 1.70. The second kappa shape index (κ2) is 6.98. The van der Waals surface area contributed by atoms with Gasteiger partial charge in [-0.25, -0.2) is 8.42 Å². The Bertz CT molecular complexity index is 599. The summed E-state index contributed by atoms with van der Waals surface area (Å²) in [5, 5.41) is 3.25. The molecule has 2 rings (SSSR count). The summed E-state index contributed by atoms with van der Waals surface area (Å²) in [6.07, 6.45) is 1.68. The molecule has 124 valence electrons. The highest BCUT2D eigenvalue weighted by molar-refractivity contribution is 7.89. The Morgan fingerprint density at radius 1 is 1.32 bits per heavy atom. The van der Waals surface area contributed by atoms with E-state index in [-0.39, 0.29) is 6.04 Å². The van der Waals surface area contributed by atoms with E-state index in [0.717, 1.165) is 42.8 Å². The average molecular weight is 326 g/mol. The Kier molecular flexibility index (Phi) is 5.47. The zero-order chi connectivity index (χ0) is 16.3. The van der Waals surface area contributed by atoms with E-state index in [9.17, 15) is 8.42 Å². The summed E-state index contributed by atoms with van der Waals surface area (Å²) in [7, 11) is -1.87. The number of ether oxygens (including phenoxy) is 1. The highest BCUT2D eigenvalue weighted by Gasteiger charge is 2.33. The van der Waals surface area contributed by atoms with E-state index in [1.807, 2.05) is 20.8 Å². The Hall–Kier alpha value is -1.11. The molecule has 1 fully saturated rings. The molecule has 1 atom stereocenters. The van der Waals surface area contributed by atoms with Crippen LogP contribution >= 0.6 is 0 Å². The molecule has 1 aliphatic heterocycles. The van der Waals surface area contributed by atoms with E-state index in [4.69, 9.17) is 4.74 Å². The van der Waals surface area contributed by atoms with Gasteiger partial charge in [-0.2, -0.15) is 4.31 Å². The summed E-state index contributed by atoms with van der Waals surface area (Å²) >= 11 is 0. The topological polar surface area (TPSA) is 58.6 Å². The van der Waals surface area contributed by atoms with E-state index in [0.29, 0.717) is 11.4 Å². The maximum Gasteiger partial charge on any atom is 0.243 e. The van der Waals surface area contributed by atoms with Gasteiger partial charge >= 0.3 is 0 Å².